The van der Waals surface area contributed by atoms with Crippen molar-refractivity contribution in [2.45, 2.75) is 4.90 Å². The second-order valence-corrected chi connectivity index (χ2v) is 6.37. The van der Waals surface area contributed by atoms with Gasteiger partial charge in [-0.1, -0.05) is 35.3 Å². The van der Waals surface area contributed by atoms with E-state index in [1.54, 1.807) is 24.3 Å². The van der Waals surface area contributed by atoms with Crippen LogP contribution in [0.4, 0.5) is 5.69 Å². The lowest BCUT2D eigenvalue weighted by Gasteiger charge is -2.12. The number of hydrogen-bond donors (Lipinski definition) is 1. The summed E-state index contributed by atoms with van der Waals surface area (Å²) in [6.07, 6.45) is 0. The smallest absolute Gasteiger partial charge is 0.263 e. The van der Waals surface area contributed by atoms with Gasteiger partial charge in [-0.25, -0.2) is 8.42 Å². The number of rotatable bonds is 4. The van der Waals surface area contributed by atoms with Crippen LogP contribution in [0.5, 0.6) is 5.75 Å². The fourth-order valence-corrected chi connectivity index (χ4v) is 3.45. The first-order valence-corrected chi connectivity index (χ1v) is 7.79. The van der Waals surface area contributed by atoms with Gasteiger partial charge in [0.25, 0.3) is 10.0 Å². The van der Waals surface area contributed by atoms with Gasteiger partial charge in [-0.3, -0.25) is 4.72 Å². The summed E-state index contributed by atoms with van der Waals surface area (Å²) in [5, 5.41) is 0.381. The van der Waals surface area contributed by atoms with E-state index in [-0.39, 0.29) is 14.9 Å². The van der Waals surface area contributed by atoms with E-state index in [0.717, 1.165) is 0 Å². The van der Waals surface area contributed by atoms with E-state index < -0.39 is 10.0 Å². The highest BCUT2D eigenvalue weighted by Crippen LogP contribution is 2.30. The maximum Gasteiger partial charge on any atom is 0.263 e. The molecule has 0 radical (unpaired) electrons. The van der Waals surface area contributed by atoms with E-state index in [1.807, 2.05) is 0 Å². The Labute approximate surface area is 127 Å². The number of para-hydroxylation sites is 2. The minimum atomic E-state index is -3.85. The monoisotopic (exact) mass is 331 g/mol. The Bertz CT molecular complexity index is 732. The molecule has 2 aromatic rings. The second-order valence-electron chi connectivity index (χ2n) is 3.88. The molecule has 4 nitrogen and oxygen atoms in total. The van der Waals surface area contributed by atoms with Crippen molar-refractivity contribution >= 4 is 38.9 Å². The lowest BCUT2D eigenvalue weighted by molar-refractivity contribution is 0.417. The van der Waals surface area contributed by atoms with E-state index in [4.69, 9.17) is 27.9 Å². The Hall–Kier alpha value is -1.43. The summed E-state index contributed by atoms with van der Waals surface area (Å²) in [7, 11) is -2.39. The predicted molar refractivity (Wildman–Crippen MR) is 80.3 cm³/mol. The summed E-state index contributed by atoms with van der Waals surface area (Å²) < 4.78 is 32.2. The molecule has 106 valence electrons. The van der Waals surface area contributed by atoms with Crippen LogP contribution < -0.4 is 9.46 Å². The topological polar surface area (TPSA) is 55.4 Å². The lowest BCUT2D eigenvalue weighted by Crippen LogP contribution is -2.14. The van der Waals surface area contributed by atoms with E-state index in [2.05, 4.69) is 4.72 Å². The van der Waals surface area contributed by atoms with Crippen molar-refractivity contribution in [2.24, 2.45) is 0 Å². The van der Waals surface area contributed by atoms with Gasteiger partial charge in [0.2, 0.25) is 0 Å². The molecule has 0 aromatic heterocycles. The maximum absolute atomic E-state index is 12.3. The fourth-order valence-electron chi connectivity index (χ4n) is 1.61. The second kappa shape index (κ2) is 5.91. The molecule has 0 bridgehead atoms. The Balaban J connectivity index is 2.43. The normalized spacial score (nSPS) is 11.2. The standard InChI is InChI=1S/C13H11Cl2NO3S/c1-19-12-5-3-2-4-11(12)16-20(17,18)13-8-9(14)6-7-10(13)15/h2-8,16H,1H3. The summed E-state index contributed by atoms with van der Waals surface area (Å²) >= 11 is 11.7. The number of halogens is 2. The van der Waals surface area contributed by atoms with Crippen LogP contribution in [0.3, 0.4) is 0 Å². The summed E-state index contributed by atoms with van der Waals surface area (Å²) in [4.78, 5) is -0.0856. The van der Waals surface area contributed by atoms with Crippen LogP contribution in [0.25, 0.3) is 0 Å². The molecule has 2 aromatic carbocycles. The number of nitrogens with one attached hydrogen (secondary N) is 1. The third-order valence-electron chi connectivity index (χ3n) is 2.53. The molecule has 0 spiro atoms. The Kier molecular flexibility index (Phi) is 4.42. The Morgan fingerprint density at radius 3 is 2.50 bits per heavy atom. The van der Waals surface area contributed by atoms with E-state index in [1.165, 1.54) is 25.3 Å². The number of sulfonamides is 1. The zero-order valence-corrected chi connectivity index (χ0v) is 12.8. The quantitative estimate of drug-likeness (QED) is 0.926. The zero-order valence-electron chi connectivity index (χ0n) is 10.4. The van der Waals surface area contributed by atoms with Gasteiger partial charge in [-0.05, 0) is 30.3 Å². The van der Waals surface area contributed by atoms with Crippen molar-refractivity contribution in [1.82, 2.24) is 0 Å². The average molecular weight is 332 g/mol. The molecule has 0 aliphatic rings. The molecule has 0 atom stereocenters. The highest BCUT2D eigenvalue weighted by atomic mass is 35.5. The van der Waals surface area contributed by atoms with Crippen LogP contribution in [0.1, 0.15) is 0 Å². The van der Waals surface area contributed by atoms with Gasteiger partial charge in [-0.2, -0.15) is 0 Å². The highest BCUT2D eigenvalue weighted by molar-refractivity contribution is 7.92. The molecular weight excluding hydrogens is 321 g/mol. The molecule has 20 heavy (non-hydrogen) atoms. The average Bonchev–Trinajstić information content (AvgIpc) is 2.41. The van der Waals surface area contributed by atoms with Crippen molar-refractivity contribution in [3.63, 3.8) is 0 Å². The predicted octanol–water partition coefficient (Wildman–Crippen LogP) is 3.80. The summed E-state index contributed by atoms with van der Waals surface area (Å²) in [5.74, 6) is 0.411. The van der Waals surface area contributed by atoms with Crippen LogP contribution in [0, 0.1) is 0 Å². The Morgan fingerprint density at radius 2 is 1.80 bits per heavy atom. The fraction of sp³-hybridized carbons (Fsp3) is 0.0769. The first-order valence-electron chi connectivity index (χ1n) is 5.55. The zero-order chi connectivity index (χ0) is 14.8. The van der Waals surface area contributed by atoms with E-state index in [9.17, 15) is 8.42 Å². The molecule has 1 N–H and O–H groups in total. The number of hydrogen-bond acceptors (Lipinski definition) is 3. The van der Waals surface area contributed by atoms with Crippen LogP contribution in [-0.2, 0) is 10.0 Å². The van der Waals surface area contributed by atoms with Gasteiger partial charge >= 0.3 is 0 Å². The SMILES string of the molecule is COc1ccccc1NS(=O)(=O)c1cc(Cl)ccc1Cl. The van der Waals surface area contributed by atoms with Gasteiger partial charge < -0.3 is 4.74 Å². The highest BCUT2D eigenvalue weighted by Gasteiger charge is 2.20. The molecule has 7 heteroatoms. The van der Waals surface area contributed by atoms with Crippen molar-refractivity contribution < 1.29 is 13.2 Å². The lowest BCUT2D eigenvalue weighted by atomic mass is 10.3. The molecule has 0 saturated heterocycles. The van der Waals surface area contributed by atoms with Crippen molar-refractivity contribution in [3.8, 4) is 5.75 Å². The van der Waals surface area contributed by atoms with Crippen molar-refractivity contribution in [2.75, 3.05) is 11.8 Å². The van der Waals surface area contributed by atoms with Gasteiger partial charge in [-0.15, -0.1) is 0 Å². The van der Waals surface area contributed by atoms with Crippen LogP contribution in [0.15, 0.2) is 47.4 Å². The summed E-state index contributed by atoms with van der Waals surface area (Å²) in [6.45, 7) is 0. The number of anilines is 1. The molecule has 0 aliphatic heterocycles. The molecular formula is C13H11Cl2NO3S. The minimum Gasteiger partial charge on any atom is -0.495 e. The van der Waals surface area contributed by atoms with E-state index in [0.29, 0.717) is 11.4 Å². The van der Waals surface area contributed by atoms with Gasteiger partial charge in [0.15, 0.2) is 0 Å². The number of benzene rings is 2. The first-order chi connectivity index (χ1) is 9.44. The number of ether oxygens (including phenoxy) is 1. The Morgan fingerprint density at radius 1 is 1.10 bits per heavy atom. The molecule has 0 unspecified atom stereocenters. The van der Waals surface area contributed by atoms with Gasteiger partial charge in [0.1, 0.15) is 10.6 Å². The van der Waals surface area contributed by atoms with Crippen LogP contribution in [-0.4, -0.2) is 15.5 Å². The van der Waals surface area contributed by atoms with Crippen molar-refractivity contribution in [1.29, 1.82) is 0 Å². The number of methoxy groups -OCH3 is 1. The maximum atomic E-state index is 12.3. The first kappa shape index (κ1) is 15.0. The van der Waals surface area contributed by atoms with Crippen LogP contribution >= 0.6 is 23.2 Å². The summed E-state index contributed by atoms with van der Waals surface area (Å²) in [5.41, 5.74) is 0.325. The molecule has 2 rings (SSSR count). The van der Waals surface area contributed by atoms with Gasteiger partial charge in [0.05, 0.1) is 17.8 Å². The van der Waals surface area contributed by atoms with Gasteiger partial charge in [0, 0.05) is 5.02 Å². The third-order valence-corrected chi connectivity index (χ3v) is 4.62. The molecule has 0 heterocycles. The summed E-state index contributed by atoms with van der Waals surface area (Å²) in [6, 6.07) is 10.9. The molecule has 0 amide bonds. The third kappa shape index (κ3) is 3.17. The minimum absolute atomic E-state index is 0.0856. The van der Waals surface area contributed by atoms with E-state index >= 15 is 0 Å². The molecule has 0 saturated carbocycles. The molecule has 0 aliphatic carbocycles. The molecule has 0 fully saturated rings. The largest absolute Gasteiger partial charge is 0.495 e. The van der Waals surface area contributed by atoms with Crippen molar-refractivity contribution in [3.05, 3.63) is 52.5 Å². The van der Waals surface area contributed by atoms with Crippen LogP contribution in [0.2, 0.25) is 10.0 Å².